The van der Waals surface area contributed by atoms with E-state index in [0.717, 1.165) is 0 Å². The van der Waals surface area contributed by atoms with Gasteiger partial charge in [-0.05, 0) is 6.92 Å². The summed E-state index contributed by atoms with van der Waals surface area (Å²) in [6, 6.07) is 0.102. The molecule has 0 aromatic carbocycles. The van der Waals surface area contributed by atoms with Crippen LogP contribution in [0.5, 0.6) is 0 Å². The van der Waals surface area contributed by atoms with Crippen LogP contribution < -0.4 is 0 Å². The van der Waals surface area contributed by atoms with Gasteiger partial charge in [0.05, 0.1) is 6.54 Å². The summed E-state index contributed by atoms with van der Waals surface area (Å²) >= 11 is 0. The Morgan fingerprint density at radius 3 is 2.67 bits per heavy atom. The van der Waals surface area contributed by atoms with Gasteiger partial charge in [0.2, 0.25) is 0 Å². The molecule has 0 bridgehead atoms. The zero-order chi connectivity index (χ0) is 6.85. The van der Waals surface area contributed by atoms with Crippen LogP contribution in [0.25, 0.3) is 0 Å². The Morgan fingerprint density at radius 1 is 1.78 bits per heavy atom. The van der Waals surface area contributed by atoms with Gasteiger partial charge in [0, 0.05) is 12.5 Å². The molecule has 0 radical (unpaired) electrons. The first-order valence-corrected chi connectivity index (χ1v) is 3.04. The molecule has 9 heavy (non-hydrogen) atoms. The van der Waals surface area contributed by atoms with Crippen molar-refractivity contribution in [3.8, 4) is 6.19 Å². The zero-order valence-corrected chi connectivity index (χ0v) is 5.34. The minimum Gasteiger partial charge on any atom is -0.305 e. The van der Waals surface area contributed by atoms with Crippen molar-refractivity contribution < 1.29 is 4.39 Å². The first-order chi connectivity index (χ1) is 4.24. The van der Waals surface area contributed by atoms with Gasteiger partial charge < -0.3 is 4.90 Å². The lowest BCUT2D eigenvalue weighted by atomic mass is 10.2. The molecule has 0 aliphatic carbocycles. The predicted octanol–water partition coefficient (Wildman–Crippen LogP) is 0.900. The van der Waals surface area contributed by atoms with Crippen LogP contribution in [-0.2, 0) is 0 Å². The quantitative estimate of drug-likeness (QED) is 0.453. The van der Waals surface area contributed by atoms with E-state index >= 15 is 0 Å². The van der Waals surface area contributed by atoms with Crippen LogP contribution in [0.15, 0.2) is 0 Å². The van der Waals surface area contributed by atoms with Crippen LogP contribution in [0.2, 0.25) is 0 Å². The van der Waals surface area contributed by atoms with Gasteiger partial charge in [0.25, 0.3) is 0 Å². The zero-order valence-electron chi connectivity index (χ0n) is 5.34. The first kappa shape index (κ1) is 6.34. The van der Waals surface area contributed by atoms with Crippen LogP contribution in [0.1, 0.15) is 13.3 Å². The van der Waals surface area contributed by atoms with Crippen molar-refractivity contribution in [2.45, 2.75) is 25.6 Å². The van der Waals surface area contributed by atoms with Crippen LogP contribution >= 0.6 is 0 Å². The number of rotatable bonds is 0. The third-order valence-corrected chi connectivity index (χ3v) is 1.65. The Morgan fingerprint density at radius 2 is 2.44 bits per heavy atom. The summed E-state index contributed by atoms with van der Waals surface area (Å²) in [4.78, 5) is 1.48. The fourth-order valence-corrected chi connectivity index (χ4v) is 1.10. The van der Waals surface area contributed by atoms with E-state index in [0.29, 0.717) is 6.42 Å². The maximum Gasteiger partial charge on any atom is 0.179 e. The lowest BCUT2D eigenvalue weighted by Crippen LogP contribution is -2.20. The van der Waals surface area contributed by atoms with Gasteiger partial charge in [-0.3, -0.25) is 0 Å². The van der Waals surface area contributed by atoms with E-state index in [1.165, 1.54) is 4.90 Å². The van der Waals surface area contributed by atoms with E-state index in [2.05, 4.69) is 0 Å². The molecule has 0 aromatic rings. The molecule has 50 valence electrons. The minimum absolute atomic E-state index is 0.102. The van der Waals surface area contributed by atoms with Crippen molar-refractivity contribution >= 4 is 0 Å². The minimum atomic E-state index is -0.792. The molecule has 1 saturated heterocycles. The molecule has 0 amide bonds. The SMILES string of the molecule is CC1C[C@H](F)CN1C#N. The molecule has 1 unspecified atom stereocenters. The highest BCUT2D eigenvalue weighted by molar-refractivity contribution is 4.89. The second-order valence-electron chi connectivity index (χ2n) is 2.43. The van der Waals surface area contributed by atoms with E-state index in [1.54, 1.807) is 0 Å². The smallest absolute Gasteiger partial charge is 0.179 e. The summed E-state index contributed by atoms with van der Waals surface area (Å²) in [6.45, 7) is 2.15. The Hall–Kier alpha value is -0.780. The van der Waals surface area contributed by atoms with Gasteiger partial charge in [-0.2, -0.15) is 5.26 Å². The average Bonchev–Trinajstić information content (AvgIpc) is 2.10. The molecule has 0 N–H and O–H groups in total. The van der Waals surface area contributed by atoms with Gasteiger partial charge >= 0.3 is 0 Å². The number of likely N-dealkylation sites (tertiary alicyclic amines) is 1. The van der Waals surface area contributed by atoms with E-state index in [1.807, 2.05) is 13.1 Å². The topological polar surface area (TPSA) is 27.0 Å². The number of halogens is 1. The fraction of sp³-hybridized carbons (Fsp3) is 0.833. The standard InChI is InChI=1S/C6H9FN2/c1-5-2-6(7)3-9(5)4-8/h5-6H,2-3H2,1H3/t5?,6-/m0/s1. The third kappa shape index (κ3) is 1.13. The van der Waals surface area contributed by atoms with E-state index < -0.39 is 6.17 Å². The molecule has 0 saturated carbocycles. The van der Waals surface area contributed by atoms with Crippen molar-refractivity contribution in [3.05, 3.63) is 0 Å². The summed E-state index contributed by atoms with van der Waals surface area (Å²) in [5.74, 6) is 0. The molecular formula is C6H9FN2. The monoisotopic (exact) mass is 128 g/mol. The average molecular weight is 128 g/mol. The molecule has 0 aromatic heterocycles. The van der Waals surface area contributed by atoms with Gasteiger partial charge in [-0.25, -0.2) is 4.39 Å². The molecule has 1 heterocycles. The Kier molecular flexibility index (Phi) is 1.56. The van der Waals surface area contributed by atoms with Gasteiger partial charge in [0.15, 0.2) is 6.19 Å². The number of hydrogen-bond acceptors (Lipinski definition) is 2. The number of nitrogens with zero attached hydrogens (tertiary/aromatic N) is 2. The highest BCUT2D eigenvalue weighted by Crippen LogP contribution is 2.17. The van der Waals surface area contributed by atoms with E-state index in [4.69, 9.17) is 5.26 Å². The van der Waals surface area contributed by atoms with Crippen molar-refractivity contribution in [2.24, 2.45) is 0 Å². The van der Waals surface area contributed by atoms with Crippen LogP contribution in [0, 0.1) is 11.5 Å². The maximum atomic E-state index is 12.4. The molecular weight excluding hydrogens is 119 g/mol. The molecule has 0 spiro atoms. The summed E-state index contributed by atoms with van der Waals surface area (Å²) in [7, 11) is 0. The fourth-order valence-electron chi connectivity index (χ4n) is 1.10. The Bertz CT molecular complexity index is 140. The van der Waals surface area contributed by atoms with Crippen molar-refractivity contribution in [3.63, 3.8) is 0 Å². The largest absolute Gasteiger partial charge is 0.305 e. The molecule has 2 nitrogen and oxygen atoms in total. The molecule has 1 fully saturated rings. The molecule has 3 heteroatoms. The summed E-state index contributed by atoms with van der Waals surface area (Å²) in [5.41, 5.74) is 0. The van der Waals surface area contributed by atoms with Crippen LogP contribution in [-0.4, -0.2) is 23.7 Å². The second kappa shape index (κ2) is 2.22. The Labute approximate surface area is 53.9 Å². The van der Waals surface area contributed by atoms with Crippen LogP contribution in [0.3, 0.4) is 0 Å². The van der Waals surface area contributed by atoms with Crippen molar-refractivity contribution in [1.29, 1.82) is 5.26 Å². The molecule has 1 aliphatic heterocycles. The number of alkyl halides is 1. The summed E-state index contributed by atoms with van der Waals surface area (Å²) in [5, 5.41) is 8.36. The Balaban J connectivity index is 2.50. The number of nitriles is 1. The number of hydrogen-bond donors (Lipinski definition) is 0. The summed E-state index contributed by atoms with van der Waals surface area (Å²) < 4.78 is 12.4. The lowest BCUT2D eigenvalue weighted by Gasteiger charge is -2.10. The van der Waals surface area contributed by atoms with Gasteiger partial charge in [0.1, 0.15) is 6.17 Å². The molecule has 1 rings (SSSR count). The lowest BCUT2D eigenvalue weighted by molar-refractivity contribution is 0.334. The van der Waals surface area contributed by atoms with Gasteiger partial charge in [-0.15, -0.1) is 0 Å². The predicted molar refractivity (Wildman–Crippen MR) is 31.3 cm³/mol. The van der Waals surface area contributed by atoms with E-state index in [-0.39, 0.29) is 12.6 Å². The summed E-state index contributed by atoms with van der Waals surface area (Å²) in [6.07, 6.45) is 1.65. The van der Waals surface area contributed by atoms with Crippen molar-refractivity contribution in [1.82, 2.24) is 4.90 Å². The third-order valence-electron chi connectivity index (χ3n) is 1.65. The highest BCUT2D eigenvalue weighted by Gasteiger charge is 2.27. The normalized spacial score (nSPS) is 34.6. The second-order valence-corrected chi connectivity index (χ2v) is 2.43. The highest BCUT2D eigenvalue weighted by atomic mass is 19.1. The van der Waals surface area contributed by atoms with E-state index in [9.17, 15) is 4.39 Å². The van der Waals surface area contributed by atoms with Gasteiger partial charge in [-0.1, -0.05) is 0 Å². The molecule has 1 aliphatic rings. The maximum absolute atomic E-state index is 12.4. The van der Waals surface area contributed by atoms with Crippen molar-refractivity contribution in [2.75, 3.05) is 6.54 Å². The van der Waals surface area contributed by atoms with Crippen LogP contribution in [0.4, 0.5) is 4.39 Å². The first-order valence-electron chi connectivity index (χ1n) is 3.04. The molecule has 2 atom stereocenters.